The van der Waals surface area contributed by atoms with E-state index in [1.54, 1.807) is 0 Å². The molecule has 1 saturated carbocycles. The first-order valence-corrected chi connectivity index (χ1v) is 8.10. The molecule has 0 aromatic rings. The fourth-order valence-electron chi connectivity index (χ4n) is 3.41. The van der Waals surface area contributed by atoms with Gasteiger partial charge in [-0.05, 0) is 38.0 Å². The van der Waals surface area contributed by atoms with E-state index >= 15 is 0 Å². The van der Waals surface area contributed by atoms with Crippen molar-refractivity contribution in [3.8, 4) is 0 Å². The van der Waals surface area contributed by atoms with Crippen molar-refractivity contribution in [1.29, 1.82) is 0 Å². The third kappa shape index (κ3) is 3.53. The van der Waals surface area contributed by atoms with Crippen LogP contribution in [0.25, 0.3) is 0 Å². The lowest BCUT2D eigenvalue weighted by Crippen LogP contribution is -2.63. The third-order valence-corrected chi connectivity index (χ3v) is 4.63. The van der Waals surface area contributed by atoms with Crippen molar-refractivity contribution in [3.05, 3.63) is 0 Å². The molecule has 2 fully saturated rings. The summed E-state index contributed by atoms with van der Waals surface area (Å²) in [6.45, 7) is 6.79. The monoisotopic (exact) mass is 280 g/mol. The summed E-state index contributed by atoms with van der Waals surface area (Å²) in [5, 5.41) is 2.88. The molecule has 1 heterocycles. The second-order valence-corrected chi connectivity index (χ2v) is 6.86. The molecule has 2 rings (SSSR count). The van der Waals surface area contributed by atoms with Crippen LogP contribution in [0, 0.1) is 11.8 Å². The van der Waals surface area contributed by atoms with Crippen LogP contribution in [0.1, 0.15) is 59.3 Å². The van der Waals surface area contributed by atoms with E-state index in [0.29, 0.717) is 11.8 Å². The molecule has 1 aliphatic carbocycles. The molecule has 1 saturated heterocycles. The smallest absolute Gasteiger partial charge is 0.245 e. The third-order valence-electron chi connectivity index (χ3n) is 4.63. The Labute approximate surface area is 122 Å². The largest absolute Gasteiger partial charge is 0.343 e. The molecule has 0 aromatic heterocycles. The molecule has 1 N–H and O–H groups in total. The number of nitrogens with one attached hydrogen (secondary N) is 1. The lowest BCUT2D eigenvalue weighted by atomic mass is 9.88. The number of nitrogens with zero attached hydrogens (tertiary/aromatic N) is 1. The van der Waals surface area contributed by atoms with Gasteiger partial charge in [-0.15, -0.1) is 0 Å². The van der Waals surface area contributed by atoms with Gasteiger partial charge >= 0.3 is 0 Å². The van der Waals surface area contributed by atoms with Crippen molar-refractivity contribution >= 4 is 11.8 Å². The lowest BCUT2D eigenvalue weighted by Gasteiger charge is -2.40. The quantitative estimate of drug-likeness (QED) is 0.859. The Morgan fingerprint density at radius 3 is 2.45 bits per heavy atom. The Hall–Kier alpha value is -1.06. The number of piperazine rings is 1. The molecule has 0 spiro atoms. The van der Waals surface area contributed by atoms with Gasteiger partial charge in [-0.3, -0.25) is 9.59 Å². The molecule has 0 radical (unpaired) electrons. The summed E-state index contributed by atoms with van der Waals surface area (Å²) in [6, 6.07) is -0.630. The Kier molecular flexibility index (Phi) is 5.06. The topological polar surface area (TPSA) is 49.4 Å². The van der Waals surface area contributed by atoms with Crippen LogP contribution in [0.2, 0.25) is 0 Å². The summed E-state index contributed by atoms with van der Waals surface area (Å²) in [5.74, 6) is 1.12. The predicted octanol–water partition coefficient (Wildman–Crippen LogP) is 2.33. The molecule has 20 heavy (non-hydrogen) atoms. The fraction of sp³-hybridized carbons (Fsp3) is 0.875. The molecule has 0 bridgehead atoms. The van der Waals surface area contributed by atoms with Crippen LogP contribution in [0.4, 0.5) is 0 Å². The van der Waals surface area contributed by atoms with Gasteiger partial charge in [-0.25, -0.2) is 0 Å². The van der Waals surface area contributed by atoms with Gasteiger partial charge in [-0.2, -0.15) is 0 Å². The molecule has 2 unspecified atom stereocenters. The summed E-state index contributed by atoms with van der Waals surface area (Å²) < 4.78 is 0. The number of rotatable bonds is 4. The highest BCUT2D eigenvalue weighted by Gasteiger charge is 2.38. The number of carbonyl (C=O) groups excluding carboxylic acids is 2. The van der Waals surface area contributed by atoms with Crippen LogP contribution in [-0.4, -0.2) is 35.3 Å². The van der Waals surface area contributed by atoms with E-state index in [2.05, 4.69) is 19.2 Å². The van der Waals surface area contributed by atoms with Gasteiger partial charge in [0.1, 0.15) is 12.1 Å². The first-order valence-electron chi connectivity index (χ1n) is 8.10. The second kappa shape index (κ2) is 6.59. The standard InChI is InChI=1S/C16H28N2O2/c1-11(2)9-14-16(20)18(12(3)15(19)17-14)10-13-7-5-4-6-8-13/h11-14H,4-10H2,1-3H3,(H,17,19). The molecule has 0 aromatic carbocycles. The van der Waals surface area contributed by atoms with Crippen molar-refractivity contribution in [2.45, 2.75) is 71.4 Å². The Balaban J connectivity index is 2.03. The van der Waals surface area contributed by atoms with Crippen molar-refractivity contribution in [1.82, 2.24) is 10.2 Å². The maximum Gasteiger partial charge on any atom is 0.245 e. The van der Waals surface area contributed by atoms with E-state index in [1.165, 1.54) is 32.1 Å². The molecule has 2 amide bonds. The maximum atomic E-state index is 12.6. The zero-order valence-electron chi connectivity index (χ0n) is 13.0. The van der Waals surface area contributed by atoms with E-state index in [1.807, 2.05) is 11.8 Å². The van der Waals surface area contributed by atoms with Crippen molar-refractivity contribution in [2.75, 3.05) is 6.54 Å². The van der Waals surface area contributed by atoms with Crippen LogP contribution in [0.15, 0.2) is 0 Å². The molecule has 114 valence electrons. The summed E-state index contributed by atoms with van der Waals surface area (Å²) in [5.41, 5.74) is 0. The van der Waals surface area contributed by atoms with E-state index in [9.17, 15) is 9.59 Å². The molecule has 1 aliphatic heterocycles. The van der Waals surface area contributed by atoms with Crippen LogP contribution in [-0.2, 0) is 9.59 Å². The van der Waals surface area contributed by atoms with E-state index in [4.69, 9.17) is 0 Å². The number of carbonyl (C=O) groups is 2. The fourth-order valence-corrected chi connectivity index (χ4v) is 3.41. The predicted molar refractivity (Wildman–Crippen MR) is 79.1 cm³/mol. The Bertz CT molecular complexity index is 361. The minimum absolute atomic E-state index is 0.00561. The van der Waals surface area contributed by atoms with E-state index in [-0.39, 0.29) is 23.9 Å². The second-order valence-electron chi connectivity index (χ2n) is 6.86. The maximum absolute atomic E-state index is 12.6. The van der Waals surface area contributed by atoms with E-state index in [0.717, 1.165) is 13.0 Å². The van der Waals surface area contributed by atoms with Gasteiger partial charge in [0.05, 0.1) is 0 Å². The average Bonchev–Trinajstić information content (AvgIpc) is 2.41. The summed E-state index contributed by atoms with van der Waals surface area (Å²) in [6.07, 6.45) is 6.99. The summed E-state index contributed by atoms with van der Waals surface area (Å²) in [4.78, 5) is 26.5. The highest BCUT2D eigenvalue weighted by molar-refractivity contribution is 5.96. The highest BCUT2D eigenvalue weighted by atomic mass is 16.2. The number of hydrogen-bond donors (Lipinski definition) is 1. The lowest BCUT2D eigenvalue weighted by molar-refractivity contribution is -0.150. The van der Waals surface area contributed by atoms with Crippen LogP contribution in [0.5, 0.6) is 0 Å². The Morgan fingerprint density at radius 2 is 1.85 bits per heavy atom. The minimum atomic E-state index is -0.317. The van der Waals surface area contributed by atoms with Gasteiger partial charge in [0.25, 0.3) is 0 Å². The van der Waals surface area contributed by atoms with Gasteiger partial charge in [0.2, 0.25) is 11.8 Å². The van der Waals surface area contributed by atoms with Gasteiger partial charge in [0.15, 0.2) is 0 Å². The number of hydrogen-bond acceptors (Lipinski definition) is 2. The average molecular weight is 280 g/mol. The van der Waals surface area contributed by atoms with Gasteiger partial charge < -0.3 is 10.2 Å². The van der Waals surface area contributed by atoms with Crippen molar-refractivity contribution < 1.29 is 9.59 Å². The summed E-state index contributed by atoms with van der Waals surface area (Å²) >= 11 is 0. The molecular formula is C16H28N2O2. The van der Waals surface area contributed by atoms with Crippen LogP contribution < -0.4 is 5.32 Å². The van der Waals surface area contributed by atoms with Gasteiger partial charge in [-0.1, -0.05) is 33.1 Å². The molecule has 4 nitrogen and oxygen atoms in total. The first kappa shape index (κ1) is 15.3. The van der Waals surface area contributed by atoms with Crippen molar-refractivity contribution in [2.24, 2.45) is 11.8 Å². The van der Waals surface area contributed by atoms with E-state index < -0.39 is 0 Å². The zero-order valence-corrected chi connectivity index (χ0v) is 13.0. The minimum Gasteiger partial charge on any atom is -0.343 e. The summed E-state index contributed by atoms with van der Waals surface area (Å²) in [7, 11) is 0. The normalized spacial score (nSPS) is 28.9. The molecule has 2 aliphatic rings. The molecule has 4 heteroatoms. The highest BCUT2D eigenvalue weighted by Crippen LogP contribution is 2.26. The zero-order chi connectivity index (χ0) is 14.7. The van der Waals surface area contributed by atoms with Crippen LogP contribution >= 0.6 is 0 Å². The number of amides is 2. The Morgan fingerprint density at radius 1 is 1.20 bits per heavy atom. The van der Waals surface area contributed by atoms with Crippen LogP contribution in [0.3, 0.4) is 0 Å². The van der Waals surface area contributed by atoms with Crippen molar-refractivity contribution in [3.63, 3.8) is 0 Å². The molecular weight excluding hydrogens is 252 g/mol. The SMILES string of the molecule is CC(C)CC1NC(=O)C(C)N(CC2CCCCC2)C1=O. The van der Waals surface area contributed by atoms with Gasteiger partial charge in [0, 0.05) is 6.54 Å². The molecule has 2 atom stereocenters. The first-order chi connectivity index (χ1) is 9.49.